The van der Waals surface area contributed by atoms with Crippen molar-refractivity contribution in [2.24, 2.45) is 0 Å². The van der Waals surface area contributed by atoms with E-state index in [1.165, 1.54) is 22.1 Å². The molecule has 0 bridgehead atoms. The third-order valence-electron chi connectivity index (χ3n) is 9.31. The molecule has 50 heavy (non-hydrogen) atoms. The summed E-state index contributed by atoms with van der Waals surface area (Å²) in [6.45, 7) is 4.18. The van der Waals surface area contributed by atoms with Gasteiger partial charge in [0, 0.05) is 0 Å². The molecule has 7 heteroatoms. The van der Waals surface area contributed by atoms with Crippen LogP contribution < -0.4 is 16.4 Å². The Bertz CT molecular complexity index is 2080. The van der Waals surface area contributed by atoms with Gasteiger partial charge in [-0.05, 0) is 82.6 Å². The van der Waals surface area contributed by atoms with E-state index in [-0.39, 0.29) is 23.4 Å². The van der Waals surface area contributed by atoms with Crippen LogP contribution in [0.4, 0.5) is 0 Å². The first kappa shape index (κ1) is 33.7. The molecule has 0 aliphatic rings. The van der Waals surface area contributed by atoms with E-state index >= 15 is 0 Å². The van der Waals surface area contributed by atoms with E-state index in [1.807, 2.05) is 36.4 Å². The third-order valence-corrected chi connectivity index (χ3v) is 9.31. The Morgan fingerprint density at radius 2 is 0.700 bits per heavy atom. The zero-order valence-corrected chi connectivity index (χ0v) is 27.8. The highest BCUT2D eigenvalue weighted by Crippen LogP contribution is 2.25. The Balaban J connectivity index is 1.45. The first-order chi connectivity index (χ1) is 24.2. The maximum Gasteiger partial charge on any atom is 0.335 e. The maximum atomic E-state index is 11.4. The lowest BCUT2D eigenvalue weighted by atomic mass is 9.35. The summed E-state index contributed by atoms with van der Waals surface area (Å²) >= 11 is 0. The topological polar surface area (TPSA) is 112 Å². The van der Waals surface area contributed by atoms with Crippen molar-refractivity contribution in [1.29, 1.82) is 0 Å². The lowest BCUT2D eigenvalue weighted by Crippen LogP contribution is -2.54. The summed E-state index contributed by atoms with van der Waals surface area (Å²) < 4.78 is 0. The summed E-state index contributed by atoms with van der Waals surface area (Å²) in [6, 6.07) is 42.1. The molecule has 0 heterocycles. The van der Waals surface area contributed by atoms with E-state index in [4.69, 9.17) is 0 Å². The van der Waals surface area contributed by atoms with Crippen LogP contribution in [0.3, 0.4) is 0 Å². The number of aryl methyl sites for hydroxylation is 2. The van der Waals surface area contributed by atoms with Crippen molar-refractivity contribution >= 4 is 41.0 Å². The minimum Gasteiger partial charge on any atom is -0.478 e. The molecule has 0 radical (unpaired) electrons. The van der Waals surface area contributed by atoms with Gasteiger partial charge in [0.15, 0.2) is 0 Å². The first-order valence-electron chi connectivity index (χ1n) is 16.5. The lowest BCUT2D eigenvalue weighted by Gasteiger charge is -2.23. The molecule has 0 aromatic heterocycles. The monoisotopic (exact) mass is 658 g/mol. The van der Waals surface area contributed by atoms with Crippen LogP contribution in [-0.2, 0) is 12.8 Å². The van der Waals surface area contributed by atoms with Crippen molar-refractivity contribution in [2.45, 2.75) is 26.7 Å². The molecule has 0 unspecified atom stereocenters. The molecule has 6 aromatic rings. The number of benzene rings is 6. The van der Waals surface area contributed by atoms with Crippen LogP contribution >= 0.6 is 0 Å². The number of hydrogen-bond acceptors (Lipinski definition) is 3. The van der Waals surface area contributed by atoms with E-state index < -0.39 is 17.9 Å². The predicted octanol–water partition coefficient (Wildman–Crippen LogP) is 7.42. The molecular weight excluding hydrogens is 623 g/mol. The Kier molecular flexibility index (Phi) is 9.77. The van der Waals surface area contributed by atoms with Crippen molar-refractivity contribution in [3.63, 3.8) is 0 Å². The fraction of sp³-hybridized carbons (Fsp3) is 0.0930. The minimum absolute atomic E-state index is 0.102. The van der Waals surface area contributed by atoms with Crippen LogP contribution in [0.15, 0.2) is 133 Å². The van der Waals surface area contributed by atoms with Gasteiger partial charge in [0.05, 0.1) is 16.7 Å². The van der Waals surface area contributed by atoms with E-state index in [1.54, 1.807) is 36.4 Å². The van der Waals surface area contributed by atoms with Crippen LogP contribution in [0, 0.1) is 0 Å². The van der Waals surface area contributed by atoms with Gasteiger partial charge in [-0.1, -0.05) is 138 Å². The molecule has 0 saturated heterocycles. The number of hydrogen-bond donors (Lipinski definition) is 3. The van der Waals surface area contributed by atoms with Crippen LogP contribution in [0.5, 0.6) is 0 Å². The predicted molar refractivity (Wildman–Crippen MR) is 200 cm³/mol. The van der Waals surface area contributed by atoms with E-state index in [0.717, 1.165) is 51.7 Å². The SMILES string of the molecule is CCc1cc(-c2ccc(C(=O)O)cc2)ccc1B(c1ccc(-c2ccc(C(=O)O)cc2)cc1)c1ccc(-c2ccc(C(=O)O)cc2)cc1CC. The van der Waals surface area contributed by atoms with E-state index in [2.05, 4.69) is 74.5 Å². The van der Waals surface area contributed by atoms with Gasteiger partial charge in [0.2, 0.25) is 6.71 Å². The second-order valence-electron chi connectivity index (χ2n) is 12.2. The van der Waals surface area contributed by atoms with Gasteiger partial charge in [0.25, 0.3) is 0 Å². The summed E-state index contributed by atoms with van der Waals surface area (Å²) in [6.07, 6.45) is 1.58. The van der Waals surface area contributed by atoms with Gasteiger partial charge < -0.3 is 15.3 Å². The molecule has 0 fully saturated rings. The minimum atomic E-state index is -0.959. The van der Waals surface area contributed by atoms with Crippen molar-refractivity contribution < 1.29 is 29.7 Å². The van der Waals surface area contributed by atoms with Crippen molar-refractivity contribution in [2.75, 3.05) is 0 Å². The molecule has 6 aromatic carbocycles. The lowest BCUT2D eigenvalue weighted by molar-refractivity contribution is 0.0686. The summed E-state index contributed by atoms with van der Waals surface area (Å²) in [5.74, 6) is -2.87. The second-order valence-corrected chi connectivity index (χ2v) is 12.2. The van der Waals surface area contributed by atoms with Crippen LogP contribution in [-0.4, -0.2) is 39.9 Å². The Morgan fingerprint density at radius 3 is 1.00 bits per heavy atom. The van der Waals surface area contributed by atoms with E-state index in [0.29, 0.717) is 0 Å². The van der Waals surface area contributed by atoms with Crippen molar-refractivity contribution in [3.05, 3.63) is 161 Å². The van der Waals surface area contributed by atoms with Crippen LogP contribution in [0.2, 0.25) is 0 Å². The average molecular weight is 659 g/mol. The van der Waals surface area contributed by atoms with Gasteiger partial charge in [-0.3, -0.25) is 0 Å². The van der Waals surface area contributed by atoms with Crippen LogP contribution in [0.25, 0.3) is 33.4 Å². The molecule has 0 spiro atoms. The average Bonchev–Trinajstić information content (AvgIpc) is 3.15. The normalized spacial score (nSPS) is 10.8. The van der Waals surface area contributed by atoms with Gasteiger partial charge in [-0.25, -0.2) is 14.4 Å². The standard InChI is InChI=1S/C43H35BO6/c1-3-27-25-36(31-7-13-34(14-8-31)42(47)48)19-23-39(27)44(38-21-17-30(18-22-38)29-5-11-33(12-6-29)41(45)46)40-24-20-37(26-28(40)4-2)32-9-15-35(16-10-32)43(49)50/h5-26H,3-4H2,1-2H3,(H,45,46)(H,47,48)(H,49,50). The second kappa shape index (κ2) is 14.5. The molecule has 6 nitrogen and oxygen atoms in total. The molecule has 246 valence electrons. The number of aromatic carboxylic acids is 3. The molecular formula is C43H35BO6. The summed E-state index contributed by atoms with van der Waals surface area (Å²) in [7, 11) is 0. The zero-order valence-electron chi connectivity index (χ0n) is 27.8. The number of rotatable bonds is 11. The number of carbonyl (C=O) groups is 3. The quantitative estimate of drug-likeness (QED) is 0.125. The number of carboxylic acid groups (broad SMARTS) is 3. The third kappa shape index (κ3) is 6.98. The molecule has 0 aliphatic heterocycles. The number of carboxylic acids is 3. The molecule has 0 saturated carbocycles. The highest BCUT2D eigenvalue weighted by molar-refractivity contribution is 6.96. The molecule has 0 amide bonds. The zero-order chi connectivity index (χ0) is 35.4. The Hall–Kier alpha value is -6.21. The van der Waals surface area contributed by atoms with Gasteiger partial charge >= 0.3 is 17.9 Å². The highest BCUT2D eigenvalue weighted by Gasteiger charge is 2.27. The molecule has 3 N–H and O–H groups in total. The molecule has 6 rings (SSSR count). The highest BCUT2D eigenvalue weighted by atomic mass is 16.4. The largest absolute Gasteiger partial charge is 0.478 e. The van der Waals surface area contributed by atoms with Crippen LogP contribution in [0.1, 0.15) is 56.0 Å². The van der Waals surface area contributed by atoms with E-state index in [9.17, 15) is 29.7 Å². The van der Waals surface area contributed by atoms with Gasteiger partial charge in [-0.2, -0.15) is 0 Å². The fourth-order valence-electron chi connectivity index (χ4n) is 6.56. The summed E-state index contributed by atoms with van der Waals surface area (Å²) in [5.41, 5.74) is 12.4. The Labute approximate surface area is 291 Å². The first-order valence-corrected chi connectivity index (χ1v) is 16.5. The van der Waals surface area contributed by atoms with Crippen molar-refractivity contribution in [3.8, 4) is 33.4 Å². The smallest absolute Gasteiger partial charge is 0.335 e. The van der Waals surface area contributed by atoms with Gasteiger partial charge in [-0.15, -0.1) is 0 Å². The maximum absolute atomic E-state index is 11.4. The summed E-state index contributed by atoms with van der Waals surface area (Å²) in [4.78, 5) is 34.2. The van der Waals surface area contributed by atoms with Gasteiger partial charge in [0.1, 0.15) is 0 Å². The summed E-state index contributed by atoms with van der Waals surface area (Å²) in [5, 5.41) is 28.1. The molecule has 0 atom stereocenters. The van der Waals surface area contributed by atoms with Crippen molar-refractivity contribution in [1.82, 2.24) is 0 Å². The molecule has 0 aliphatic carbocycles. The Morgan fingerprint density at radius 1 is 0.420 bits per heavy atom. The fourth-order valence-corrected chi connectivity index (χ4v) is 6.56.